The molecule has 0 aliphatic carbocycles. The van der Waals surface area contributed by atoms with Crippen molar-refractivity contribution in [3.63, 3.8) is 0 Å². The number of hydrogen-bond donors (Lipinski definition) is 2. The number of hydrogen-bond acceptors (Lipinski definition) is 4. The number of thioether (sulfide) groups is 1. The third-order valence-electron chi connectivity index (χ3n) is 3.43. The fourth-order valence-electron chi connectivity index (χ4n) is 2.13. The molecule has 0 radical (unpaired) electrons. The molecule has 0 aromatic heterocycles. The molecule has 1 aromatic rings. The van der Waals surface area contributed by atoms with Crippen LogP contribution in [0.2, 0.25) is 0 Å². The summed E-state index contributed by atoms with van der Waals surface area (Å²) in [5.41, 5.74) is 2.89. The van der Waals surface area contributed by atoms with Gasteiger partial charge in [0, 0.05) is 28.9 Å². The summed E-state index contributed by atoms with van der Waals surface area (Å²) >= 11 is 1.74. The first kappa shape index (κ1) is 15.3. The fraction of sp³-hybridized carbons (Fsp3) is 0.438. The standard InChI is InChI=1S/C16H21NO2S/c1-3-19-16(18)11(2)13-6-4-12(5-7-13)10-15-14(17)8-9-20-15/h4-7,10-11,16-18H,3,8-9H2,1-2H3/b15-10-,17-14?. The van der Waals surface area contributed by atoms with Gasteiger partial charge < -0.3 is 15.3 Å². The second-order valence-electron chi connectivity index (χ2n) is 4.89. The lowest BCUT2D eigenvalue weighted by Gasteiger charge is -2.19. The number of aliphatic hydroxyl groups is 1. The van der Waals surface area contributed by atoms with Crippen LogP contribution < -0.4 is 0 Å². The monoisotopic (exact) mass is 291 g/mol. The van der Waals surface area contributed by atoms with Crippen molar-refractivity contribution < 1.29 is 9.84 Å². The van der Waals surface area contributed by atoms with Crippen molar-refractivity contribution in [2.24, 2.45) is 0 Å². The molecule has 4 heteroatoms. The minimum Gasteiger partial charge on any atom is -0.367 e. The highest BCUT2D eigenvalue weighted by atomic mass is 32.2. The molecule has 108 valence electrons. The predicted molar refractivity (Wildman–Crippen MR) is 85.3 cm³/mol. The molecule has 2 N–H and O–H groups in total. The van der Waals surface area contributed by atoms with E-state index in [-0.39, 0.29) is 5.92 Å². The number of ether oxygens (including phenoxy) is 1. The van der Waals surface area contributed by atoms with Crippen molar-refractivity contribution in [3.8, 4) is 0 Å². The van der Waals surface area contributed by atoms with Crippen LogP contribution in [0.15, 0.2) is 29.2 Å². The van der Waals surface area contributed by atoms with Gasteiger partial charge in [0.2, 0.25) is 0 Å². The molecule has 1 aliphatic heterocycles. The summed E-state index contributed by atoms with van der Waals surface area (Å²) in [4.78, 5) is 1.07. The van der Waals surface area contributed by atoms with Crippen molar-refractivity contribution in [2.45, 2.75) is 32.5 Å². The number of rotatable bonds is 5. The third kappa shape index (κ3) is 3.72. The van der Waals surface area contributed by atoms with Gasteiger partial charge in [0.15, 0.2) is 6.29 Å². The van der Waals surface area contributed by atoms with Gasteiger partial charge in [0.05, 0.1) is 0 Å². The zero-order valence-corrected chi connectivity index (χ0v) is 12.7. The van der Waals surface area contributed by atoms with Crippen molar-refractivity contribution in [2.75, 3.05) is 12.4 Å². The van der Waals surface area contributed by atoms with Crippen molar-refractivity contribution in [1.29, 1.82) is 5.41 Å². The molecule has 2 atom stereocenters. The first-order valence-corrected chi connectivity index (χ1v) is 7.92. The molecule has 0 amide bonds. The van der Waals surface area contributed by atoms with E-state index in [1.165, 1.54) is 0 Å². The average molecular weight is 291 g/mol. The quantitative estimate of drug-likeness (QED) is 0.814. The normalized spacial score (nSPS) is 20.4. The lowest BCUT2D eigenvalue weighted by molar-refractivity contribution is -0.107. The topological polar surface area (TPSA) is 53.3 Å². The zero-order chi connectivity index (χ0) is 14.5. The summed E-state index contributed by atoms with van der Waals surface area (Å²) in [7, 11) is 0. The van der Waals surface area contributed by atoms with Crippen LogP contribution in [0.3, 0.4) is 0 Å². The Kier molecular flexibility index (Phi) is 5.40. The molecular formula is C16H21NO2S. The first-order chi connectivity index (χ1) is 9.61. The van der Waals surface area contributed by atoms with Gasteiger partial charge in [-0.2, -0.15) is 0 Å². The van der Waals surface area contributed by atoms with Gasteiger partial charge >= 0.3 is 0 Å². The van der Waals surface area contributed by atoms with Crippen LogP contribution in [-0.2, 0) is 4.74 Å². The van der Waals surface area contributed by atoms with E-state index in [4.69, 9.17) is 10.1 Å². The smallest absolute Gasteiger partial charge is 0.161 e. The van der Waals surface area contributed by atoms with E-state index in [2.05, 4.69) is 6.08 Å². The highest BCUT2D eigenvalue weighted by molar-refractivity contribution is 8.04. The Bertz CT molecular complexity index is 496. The molecular weight excluding hydrogens is 270 g/mol. The van der Waals surface area contributed by atoms with Crippen LogP contribution in [0.25, 0.3) is 6.08 Å². The minimum atomic E-state index is -0.761. The van der Waals surface area contributed by atoms with Gasteiger partial charge in [-0.1, -0.05) is 31.2 Å². The number of aliphatic hydroxyl groups excluding tert-OH is 1. The molecule has 2 unspecified atom stereocenters. The third-order valence-corrected chi connectivity index (χ3v) is 4.52. The lowest BCUT2D eigenvalue weighted by atomic mass is 9.99. The van der Waals surface area contributed by atoms with Crippen molar-refractivity contribution in [1.82, 2.24) is 0 Å². The van der Waals surface area contributed by atoms with Gasteiger partial charge in [-0.05, 0) is 30.5 Å². The number of benzene rings is 1. The van der Waals surface area contributed by atoms with E-state index in [1.807, 2.05) is 38.1 Å². The summed E-state index contributed by atoms with van der Waals surface area (Å²) < 4.78 is 5.22. The van der Waals surface area contributed by atoms with E-state index in [9.17, 15) is 5.11 Å². The van der Waals surface area contributed by atoms with Crippen LogP contribution in [0, 0.1) is 5.41 Å². The van der Waals surface area contributed by atoms with Crippen LogP contribution in [-0.4, -0.2) is 29.5 Å². The first-order valence-electron chi connectivity index (χ1n) is 6.93. The molecule has 1 fully saturated rings. The van der Waals surface area contributed by atoms with E-state index in [0.29, 0.717) is 6.61 Å². The Balaban J connectivity index is 2.08. The summed E-state index contributed by atoms with van der Waals surface area (Å²) in [5.74, 6) is 0.969. The van der Waals surface area contributed by atoms with E-state index in [1.54, 1.807) is 11.8 Å². The Labute approximate surface area is 124 Å². The van der Waals surface area contributed by atoms with Gasteiger partial charge in [0.25, 0.3) is 0 Å². The molecule has 0 bridgehead atoms. The van der Waals surface area contributed by atoms with Gasteiger partial charge in [0.1, 0.15) is 0 Å². The molecule has 20 heavy (non-hydrogen) atoms. The highest BCUT2D eigenvalue weighted by Gasteiger charge is 2.16. The highest BCUT2D eigenvalue weighted by Crippen LogP contribution is 2.29. The molecule has 0 spiro atoms. The molecule has 2 rings (SSSR count). The van der Waals surface area contributed by atoms with E-state index < -0.39 is 6.29 Å². The van der Waals surface area contributed by atoms with Crippen LogP contribution in [0.4, 0.5) is 0 Å². The lowest BCUT2D eigenvalue weighted by Crippen LogP contribution is -2.19. The summed E-state index contributed by atoms with van der Waals surface area (Å²) in [5, 5.41) is 17.7. The van der Waals surface area contributed by atoms with Gasteiger partial charge in [-0.3, -0.25) is 0 Å². The molecule has 3 nitrogen and oxygen atoms in total. The molecule has 1 aliphatic rings. The SMILES string of the molecule is CCOC(O)C(C)c1ccc(/C=C2\SCCC2=N)cc1. The van der Waals surface area contributed by atoms with E-state index in [0.717, 1.165) is 33.9 Å². The Hall–Kier alpha value is -1.10. The maximum absolute atomic E-state index is 9.84. The number of nitrogens with one attached hydrogen (secondary N) is 1. The average Bonchev–Trinajstić information content (AvgIpc) is 2.85. The number of allylic oxidation sites excluding steroid dienone is 1. The maximum atomic E-state index is 9.84. The second kappa shape index (κ2) is 7.07. The maximum Gasteiger partial charge on any atom is 0.161 e. The molecule has 1 heterocycles. The predicted octanol–water partition coefficient (Wildman–Crippen LogP) is 3.64. The van der Waals surface area contributed by atoms with Crippen molar-refractivity contribution >= 4 is 23.5 Å². The van der Waals surface area contributed by atoms with Crippen LogP contribution >= 0.6 is 11.8 Å². The van der Waals surface area contributed by atoms with Gasteiger partial charge in [-0.25, -0.2) is 0 Å². The molecule has 0 saturated carbocycles. The second-order valence-corrected chi connectivity index (χ2v) is 6.02. The summed E-state index contributed by atoms with van der Waals surface area (Å²) in [6, 6.07) is 8.10. The summed E-state index contributed by atoms with van der Waals surface area (Å²) in [6.07, 6.45) is 2.17. The Morgan fingerprint density at radius 3 is 2.65 bits per heavy atom. The Morgan fingerprint density at radius 2 is 2.10 bits per heavy atom. The van der Waals surface area contributed by atoms with Crippen LogP contribution in [0.1, 0.15) is 37.3 Å². The zero-order valence-electron chi connectivity index (χ0n) is 11.9. The molecule has 1 aromatic carbocycles. The van der Waals surface area contributed by atoms with Gasteiger partial charge in [-0.15, -0.1) is 11.8 Å². The summed E-state index contributed by atoms with van der Waals surface area (Å²) in [6.45, 7) is 4.34. The largest absolute Gasteiger partial charge is 0.367 e. The molecule has 1 saturated heterocycles. The minimum absolute atomic E-state index is 0.0455. The van der Waals surface area contributed by atoms with Crippen LogP contribution in [0.5, 0.6) is 0 Å². The Morgan fingerprint density at radius 1 is 1.40 bits per heavy atom. The van der Waals surface area contributed by atoms with E-state index >= 15 is 0 Å². The van der Waals surface area contributed by atoms with Crippen molar-refractivity contribution in [3.05, 3.63) is 40.3 Å². The fourth-order valence-corrected chi connectivity index (χ4v) is 3.15.